The Kier molecular flexibility index (Phi) is 13.5. The van der Waals surface area contributed by atoms with Crippen LogP contribution in [0, 0.1) is 5.92 Å². The quantitative estimate of drug-likeness (QED) is 0.145. The number of nitrogens with one attached hydrogen (secondary N) is 4. The number of carbonyl (C=O) groups excluding carboxylic acids is 6. The van der Waals surface area contributed by atoms with Crippen molar-refractivity contribution in [3.05, 3.63) is 34.9 Å². The molecule has 2 atom stereocenters. The number of ether oxygens (including phenoxy) is 2. The molecular formula is C28H40ClN5O9. The Bertz CT molecular complexity index is 1160. The van der Waals surface area contributed by atoms with Gasteiger partial charge in [0.15, 0.2) is 0 Å². The van der Waals surface area contributed by atoms with Crippen LogP contribution in [0.3, 0.4) is 0 Å². The lowest BCUT2D eigenvalue weighted by molar-refractivity contribution is -0.171. The maximum absolute atomic E-state index is 13.2. The number of rotatable bonds is 13. The molecule has 15 heteroatoms. The van der Waals surface area contributed by atoms with Crippen molar-refractivity contribution in [3.8, 4) is 0 Å². The van der Waals surface area contributed by atoms with Crippen LogP contribution in [0.5, 0.6) is 0 Å². The zero-order valence-electron chi connectivity index (χ0n) is 25.0. The van der Waals surface area contributed by atoms with Crippen LogP contribution in [0.25, 0.3) is 0 Å². The number of hydroxylamine groups is 2. The number of imide groups is 1. The highest BCUT2D eigenvalue weighted by molar-refractivity contribution is 6.31. The molecule has 0 bridgehead atoms. The summed E-state index contributed by atoms with van der Waals surface area (Å²) in [6, 6.07) is 5.94. The van der Waals surface area contributed by atoms with E-state index in [1.165, 1.54) is 0 Å². The molecule has 2 rings (SSSR count). The molecule has 1 heterocycles. The van der Waals surface area contributed by atoms with Gasteiger partial charge in [0.05, 0.1) is 0 Å². The van der Waals surface area contributed by atoms with E-state index in [1.807, 2.05) is 0 Å². The van der Waals surface area contributed by atoms with Crippen molar-refractivity contribution < 1.29 is 43.1 Å². The molecule has 1 saturated heterocycles. The van der Waals surface area contributed by atoms with E-state index in [2.05, 4.69) is 21.3 Å². The van der Waals surface area contributed by atoms with Crippen molar-refractivity contribution in [3.63, 3.8) is 0 Å². The normalized spacial score (nSPS) is 14.5. The van der Waals surface area contributed by atoms with Gasteiger partial charge in [-0.15, -0.1) is 5.06 Å². The summed E-state index contributed by atoms with van der Waals surface area (Å²) in [5.41, 5.74) is -0.142. The molecule has 1 aromatic carbocycles. The predicted molar refractivity (Wildman–Crippen MR) is 154 cm³/mol. The minimum absolute atomic E-state index is 0.0107. The summed E-state index contributed by atoms with van der Waals surface area (Å²) >= 11 is 6.06. The SMILES string of the molecule is CC(C)[C@@H](NC(=O)ON1C(=O)CCC1=O)NC(=O)[C@H](CCCCNC(=O)OCc1ccccc1Cl)NC(=O)OC(C)(C)C. The van der Waals surface area contributed by atoms with Crippen LogP contribution in [0.4, 0.5) is 14.4 Å². The molecule has 1 aliphatic heterocycles. The van der Waals surface area contributed by atoms with Crippen molar-refractivity contribution in [2.45, 2.75) is 91.1 Å². The van der Waals surface area contributed by atoms with Gasteiger partial charge in [0.1, 0.15) is 24.4 Å². The summed E-state index contributed by atoms with van der Waals surface area (Å²) in [5, 5.41) is 11.1. The lowest BCUT2D eigenvalue weighted by Gasteiger charge is -2.27. The maximum Gasteiger partial charge on any atom is 0.433 e. The lowest BCUT2D eigenvalue weighted by Crippen LogP contribution is -2.57. The molecule has 6 amide bonds. The standard InChI is InChI=1S/C28H40ClN5O9/c1-17(2)23(33-27(40)43-34-21(35)13-14-22(34)36)32-24(37)20(31-26(39)42-28(3,4)5)12-8-9-15-30-25(38)41-16-18-10-6-7-11-19(18)29/h6-7,10-11,17,20,23H,8-9,12-16H2,1-5H3,(H,30,38)(H,31,39)(H,32,37)(H,33,40)/t20-,23+/m0/s1. The van der Waals surface area contributed by atoms with Gasteiger partial charge in [0.2, 0.25) is 5.91 Å². The molecule has 43 heavy (non-hydrogen) atoms. The van der Waals surface area contributed by atoms with E-state index in [1.54, 1.807) is 58.9 Å². The van der Waals surface area contributed by atoms with Crippen molar-refractivity contribution in [1.29, 1.82) is 0 Å². The van der Waals surface area contributed by atoms with Gasteiger partial charge in [0, 0.05) is 30.0 Å². The van der Waals surface area contributed by atoms with Crippen LogP contribution in [-0.4, -0.2) is 65.4 Å². The monoisotopic (exact) mass is 625 g/mol. The number of unbranched alkanes of at least 4 members (excludes halogenated alkanes) is 1. The van der Waals surface area contributed by atoms with Crippen LogP contribution in [0.1, 0.15) is 72.3 Å². The molecule has 0 saturated carbocycles. The third-order valence-electron chi connectivity index (χ3n) is 5.93. The fraction of sp³-hybridized carbons (Fsp3) is 0.571. The summed E-state index contributed by atoms with van der Waals surface area (Å²) in [4.78, 5) is 78.4. The van der Waals surface area contributed by atoms with Crippen LogP contribution in [-0.2, 0) is 35.3 Å². The molecule has 14 nitrogen and oxygen atoms in total. The van der Waals surface area contributed by atoms with Gasteiger partial charge in [0.25, 0.3) is 11.8 Å². The minimum atomic E-state index is -1.10. The lowest BCUT2D eigenvalue weighted by atomic mass is 10.1. The van der Waals surface area contributed by atoms with Gasteiger partial charge in [-0.3, -0.25) is 19.7 Å². The molecule has 4 N–H and O–H groups in total. The van der Waals surface area contributed by atoms with E-state index in [9.17, 15) is 28.8 Å². The van der Waals surface area contributed by atoms with E-state index in [-0.39, 0.29) is 38.3 Å². The Morgan fingerprint density at radius 3 is 2.19 bits per heavy atom. The minimum Gasteiger partial charge on any atom is -0.445 e. The van der Waals surface area contributed by atoms with Crippen molar-refractivity contribution >= 4 is 47.6 Å². The summed E-state index contributed by atoms with van der Waals surface area (Å²) in [6.45, 7) is 8.72. The molecule has 1 aliphatic rings. The van der Waals surface area contributed by atoms with E-state index in [0.717, 1.165) is 0 Å². The number of amides is 6. The highest BCUT2D eigenvalue weighted by atomic mass is 35.5. The Balaban J connectivity index is 1.91. The van der Waals surface area contributed by atoms with E-state index in [4.69, 9.17) is 25.9 Å². The smallest absolute Gasteiger partial charge is 0.433 e. The molecule has 1 aromatic rings. The zero-order chi connectivity index (χ0) is 32.2. The predicted octanol–water partition coefficient (Wildman–Crippen LogP) is 3.52. The molecule has 238 valence electrons. The second-order valence-corrected chi connectivity index (χ2v) is 11.5. The van der Waals surface area contributed by atoms with E-state index >= 15 is 0 Å². The number of halogens is 1. The van der Waals surface area contributed by atoms with Crippen LogP contribution in [0.2, 0.25) is 5.02 Å². The Hall–Kier alpha value is -4.07. The van der Waals surface area contributed by atoms with Crippen molar-refractivity contribution in [2.24, 2.45) is 5.92 Å². The first-order chi connectivity index (χ1) is 20.2. The van der Waals surface area contributed by atoms with Gasteiger partial charge in [-0.25, -0.2) is 14.4 Å². The fourth-order valence-corrected chi connectivity index (χ4v) is 3.90. The molecule has 0 aromatic heterocycles. The van der Waals surface area contributed by atoms with E-state index in [0.29, 0.717) is 28.5 Å². The Morgan fingerprint density at radius 2 is 1.58 bits per heavy atom. The molecule has 1 fully saturated rings. The summed E-state index contributed by atoms with van der Waals surface area (Å²) < 4.78 is 10.5. The van der Waals surface area contributed by atoms with Crippen molar-refractivity contribution in [2.75, 3.05) is 6.54 Å². The van der Waals surface area contributed by atoms with Gasteiger partial charge in [-0.2, -0.15) is 0 Å². The van der Waals surface area contributed by atoms with E-state index < -0.39 is 53.8 Å². The molecule has 0 unspecified atom stereocenters. The van der Waals surface area contributed by atoms with Gasteiger partial charge < -0.3 is 30.3 Å². The number of hydrogen-bond acceptors (Lipinski definition) is 9. The first kappa shape index (κ1) is 35.1. The third kappa shape index (κ3) is 12.8. The Labute approximate surface area is 255 Å². The van der Waals surface area contributed by atoms with Crippen LogP contribution in [0.15, 0.2) is 24.3 Å². The Morgan fingerprint density at radius 1 is 0.930 bits per heavy atom. The number of carbonyl (C=O) groups is 6. The van der Waals surface area contributed by atoms with Crippen molar-refractivity contribution in [1.82, 2.24) is 26.3 Å². The summed E-state index contributed by atoms with van der Waals surface area (Å²) in [7, 11) is 0. The third-order valence-corrected chi connectivity index (χ3v) is 6.30. The number of nitrogens with zero attached hydrogens (tertiary/aromatic N) is 1. The maximum atomic E-state index is 13.2. The molecule has 0 aliphatic carbocycles. The average molecular weight is 626 g/mol. The number of benzene rings is 1. The first-order valence-corrected chi connectivity index (χ1v) is 14.3. The summed E-state index contributed by atoms with van der Waals surface area (Å²) in [5.74, 6) is -2.25. The highest BCUT2D eigenvalue weighted by Gasteiger charge is 2.34. The number of alkyl carbamates (subject to hydrolysis) is 2. The van der Waals surface area contributed by atoms with Crippen LogP contribution < -0.4 is 21.3 Å². The number of hydrogen-bond donors (Lipinski definition) is 4. The van der Waals surface area contributed by atoms with Gasteiger partial charge in [-0.1, -0.05) is 43.6 Å². The second kappa shape index (κ2) is 16.5. The largest absolute Gasteiger partial charge is 0.445 e. The first-order valence-electron chi connectivity index (χ1n) is 13.9. The molecule has 0 spiro atoms. The highest BCUT2D eigenvalue weighted by Crippen LogP contribution is 2.16. The summed E-state index contributed by atoms with van der Waals surface area (Å²) in [6.07, 6.45) is -2.59. The fourth-order valence-electron chi connectivity index (χ4n) is 3.71. The van der Waals surface area contributed by atoms with Gasteiger partial charge >= 0.3 is 18.3 Å². The second-order valence-electron chi connectivity index (χ2n) is 11.1. The molecular weight excluding hydrogens is 586 g/mol. The van der Waals surface area contributed by atoms with Crippen LogP contribution >= 0.6 is 11.6 Å². The average Bonchev–Trinajstić information content (AvgIpc) is 3.22. The van der Waals surface area contributed by atoms with Gasteiger partial charge in [-0.05, 0) is 52.0 Å². The molecule has 0 radical (unpaired) electrons. The zero-order valence-corrected chi connectivity index (χ0v) is 25.7. The topological polar surface area (TPSA) is 181 Å².